The predicted octanol–water partition coefficient (Wildman–Crippen LogP) is 0.811. The summed E-state index contributed by atoms with van der Waals surface area (Å²) in [5.74, 6) is -0.148. The van der Waals surface area contributed by atoms with E-state index in [4.69, 9.17) is 9.66 Å². The highest BCUT2D eigenvalue weighted by Crippen LogP contribution is 2.06. The Morgan fingerprint density at radius 3 is 2.16 bits per heavy atom. The molecule has 19 heavy (non-hydrogen) atoms. The zero-order valence-electron chi connectivity index (χ0n) is 11.7. The number of alkyl halides is 1. The fraction of sp³-hybridized carbons (Fsp3) is 1.00. The summed E-state index contributed by atoms with van der Waals surface area (Å²) >= 11 is 1.91. The standard InChI is InChI=1S/C11H25IN2O4S/c1-14(2,8-4-3-7-13-11(12)15)9-5-6-10-19(16,17)18/h11,13,15H,3-10H2,1-2H3/p+1. The molecule has 0 aliphatic carbocycles. The SMILES string of the molecule is C[N+](C)(CCCCNC(O)I)CCCCS(=O)(=O)O. The Kier molecular flexibility index (Phi) is 9.71. The fourth-order valence-corrected chi connectivity index (χ4v) is 2.70. The van der Waals surface area contributed by atoms with Crippen molar-refractivity contribution in [1.82, 2.24) is 5.32 Å². The summed E-state index contributed by atoms with van der Waals surface area (Å²) in [6.07, 6.45) is 3.36. The van der Waals surface area contributed by atoms with Gasteiger partial charge in [-0.05, 0) is 54.8 Å². The van der Waals surface area contributed by atoms with Crippen LogP contribution in [-0.2, 0) is 10.1 Å². The minimum Gasteiger partial charge on any atom is -0.369 e. The zero-order chi connectivity index (χ0) is 14.9. The molecule has 6 nitrogen and oxygen atoms in total. The summed E-state index contributed by atoms with van der Waals surface area (Å²) < 4.78 is 30.1. The quantitative estimate of drug-likeness (QED) is 0.0895. The van der Waals surface area contributed by atoms with E-state index < -0.39 is 14.4 Å². The first-order chi connectivity index (χ1) is 8.62. The summed E-state index contributed by atoms with van der Waals surface area (Å²) in [6.45, 7) is 2.72. The molecule has 0 bridgehead atoms. The molecule has 0 fully saturated rings. The third-order valence-corrected chi connectivity index (χ3v) is 4.16. The van der Waals surface area contributed by atoms with Crippen molar-refractivity contribution in [3.63, 3.8) is 0 Å². The summed E-state index contributed by atoms with van der Waals surface area (Å²) in [7, 11) is 0.424. The minimum absolute atomic E-state index is 0.148. The Bertz CT molecular complexity index is 334. The molecule has 0 radical (unpaired) electrons. The molecule has 1 atom stereocenters. The molecule has 0 aromatic heterocycles. The van der Waals surface area contributed by atoms with Gasteiger partial charge in [-0.2, -0.15) is 8.42 Å². The normalized spacial score (nSPS) is 14.6. The van der Waals surface area contributed by atoms with E-state index in [9.17, 15) is 8.42 Å². The van der Waals surface area contributed by atoms with Gasteiger partial charge in [0.05, 0.1) is 32.9 Å². The van der Waals surface area contributed by atoms with Crippen LogP contribution in [0.25, 0.3) is 0 Å². The Morgan fingerprint density at radius 2 is 1.68 bits per heavy atom. The van der Waals surface area contributed by atoms with Gasteiger partial charge in [0.25, 0.3) is 10.1 Å². The first-order valence-corrected chi connectivity index (χ1v) is 9.30. The van der Waals surface area contributed by atoms with Crippen LogP contribution in [0.15, 0.2) is 0 Å². The zero-order valence-corrected chi connectivity index (χ0v) is 14.7. The molecule has 116 valence electrons. The fourth-order valence-electron chi connectivity index (χ4n) is 1.82. The van der Waals surface area contributed by atoms with E-state index in [1.807, 2.05) is 22.6 Å². The van der Waals surface area contributed by atoms with E-state index >= 15 is 0 Å². The van der Waals surface area contributed by atoms with E-state index in [0.717, 1.165) is 43.4 Å². The van der Waals surface area contributed by atoms with Crippen LogP contribution in [0.2, 0.25) is 0 Å². The lowest BCUT2D eigenvalue weighted by Crippen LogP contribution is -2.41. The molecule has 0 amide bonds. The third kappa shape index (κ3) is 14.7. The highest BCUT2D eigenvalue weighted by Gasteiger charge is 2.14. The van der Waals surface area contributed by atoms with Gasteiger partial charge in [0.15, 0.2) is 4.23 Å². The van der Waals surface area contributed by atoms with Gasteiger partial charge in [0.1, 0.15) is 0 Å². The molecule has 0 aromatic rings. The van der Waals surface area contributed by atoms with E-state index in [2.05, 4.69) is 19.4 Å². The summed E-state index contributed by atoms with van der Waals surface area (Å²) in [5, 5.41) is 12.0. The van der Waals surface area contributed by atoms with Crippen LogP contribution in [0.5, 0.6) is 0 Å². The maximum Gasteiger partial charge on any atom is 0.264 e. The summed E-state index contributed by atoms with van der Waals surface area (Å²) in [5.41, 5.74) is 0. The number of aliphatic hydroxyl groups excluding tert-OH is 1. The second-order valence-corrected chi connectivity index (χ2v) is 8.13. The molecule has 0 aliphatic rings. The molecule has 0 aromatic carbocycles. The lowest BCUT2D eigenvalue weighted by Gasteiger charge is -2.30. The molecular weight excluding hydrogens is 383 g/mol. The van der Waals surface area contributed by atoms with Crippen LogP contribution in [0.4, 0.5) is 0 Å². The number of quaternary nitrogens is 1. The van der Waals surface area contributed by atoms with Crippen molar-refractivity contribution in [2.45, 2.75) is 29.9 Å². The van der Waals surface area contributed by atoms with Crippen LogP contribution >= 0.6 is 22.6 Å². The molecule has 0 rings (SSSR count). The number of nitrogens with zero attached hydrogens (tertiary/aromatic N) is 1. The lowest BCUT2D eigenvalue weighted by atomic mass is 10.2. The van der Waals surface area contributed by atoms with E-state index in [0.29, 0.717) is 6.42 Å². The number of nitrogens with one attached hydrogen (secondary N) is 1. The molecule has 0 aliphatic heterocycles. The summed E-state index contributed by atoms with van der Waals surface area (Å²) in [6, 6.07) is 0. The van der Waals surface area contributed by atoms with Gasteiger partial charge in [0.2, 0.25) is 0 Å². The van der Waals surface area contributed by atoms with E-state index in [-0.39, 0.29) is 5.75 Å². The number of rotatable bonds is 11. The third-order valence-electron chi connectivity index (χ3n) is 2.92. The Balaban J connectivity index is 3.63. The molecule has 0 saturated heterocycles. The molecule has 0 saturated carbocycles. The predicted molar refractivity (Wildman–Crippen MR) is 84.8 cm³/mol. The van der Waals surface area contributed by atoms with Crippen molar-refractivity contribution in [2.75, 3.05) is 39.5 Å². The molecule has 0 spiro atoms. The number of halogens is 1. The van der Waals surface area contributed by atoms with Gasteiger partial charge in [0, 0.05) is 0 Å². The van der Waals surface area contributed by atoms with E-state index in [1.165, 1.54) is 0 Å². The molecule has 8 heteroatoms. The average Bonchev–Trinajstić information content (AvgIpc) is 2.22. The van der Waals surface area contributed by atoms with E-state index in [1.54, 1.807) is 0 Å². The minimum atomic E-state index is -3.81. The smallest absolute Gasteiger partial charge is 0.264 e. The Labute approximate surface area is 130 Å². The Hall–Kier alpha value is 0.520. The first-order valence-electron chi connectivity index (χ1n) is 6.45. The van der Waals surface area contributed by atoms with Crippen molar-refractivity contribution < 1.29 is 22.6 Å². The number of unbranched alkanes of at least 4 members (excludes halogenated alkanes) is 2. The summed E-state index contributed by atoms with van der Waals surface area (Å²) in [4.78, 5) is 0. The van der Waals surface area contributed by atoms with Crippen molar-refractivity contribution in [3.05, 3.63) is 0 Å². The van der Waals surface area contributed by atoms with Crippen LogP contribution in [-0.4, -0.2) is 66.3 Å². The molecule has 3 N–H and O–H groups in total. The molecule has 0 heterocycles. The van der Waals surface area contributed by atoms with Gasteiger partial charge in [-0.25, -0.2) is 0 Å². The van der Waals surface area contributed by atoms with Crippen molar-refractivity contribution >= 4 is 32.7 Å². The van der Waals surface area contributed by atoms with Crippen LogP contribution < -0.4 is 5.32 Å². The maximum atomic E-state index is 10.6. The number of hydrogen-bond donors (Lipinski definition) is 3. The second kappa shape index (κ2) is 9.46. The Morgan fingerprint density at radius 1 is 1.16 bits per heavy atom. The first kappa shape index (κ1) is 19.5. The topological polar surface area (TPSA) is 86.6 Å². The van der Waals surface area contributed by atoms with Crippen molar-refractivity contribution in [2.24, 2.45) is 0 Å². The number of aliphatic hydroxyl groups is 1. The maximum absolute atomic E-state index is 10.6. The van der Waals surface area contributed by atoms with Gasteiger partial charge in [-0.3, -0.25) is 9.87 Å². The lowest BCUT2D eigenvalue weighted by molar-refractivity contribution is -0.890. The average molecular weight is 409 g/mol. The molecule has 1 unspecified atom stereocenters. The van der Waals surface area contributed by atoms with Crippen LogP contribution in [0.1, 0.15) is 25.7 Å². The largest absolute Gasteiger partial charge is 0.369 e. The van der Waals surface area contributed by atoms with Gasteiger partial charge in [-0.15, -0.1) is 0 Å². The number of hydrogen-bond acceptors (Lipinski definition) is 4. The molecular formula is C11H26IN2O4S+. The van der Waals surface area contributed by atoms with Gasteiger partial charge < -0.3 is 9.59 Å². The van der Waals surface area contributed by atoms with Gasteiger partial charge in [-0.1, -0.05) is 0 Å². The van der Waals surface area contributed by atoms with Crippen LogP contribution in [0.3, 0.4) is 0 Å². The van der Waals surface area contributed by atoms with Crippen molar-refractivity contribution in [1.29, 1.82) is 0 Å². The highest BCUT2D eigenvalue weighted by atomic mass is 127. The van der Waals surface area contributed by atoms with Crippen molar-refractivity contribution in [3.8, 4) is 0 Å². The second-order valence-electron chi connectivity index (χ2n) is 5.37. The van der Waals surface area contributed by atoms with Crippen LogP contribution in [0, 0.1) is 0 Å². The highest BCUT2D eigenvalue weighted by molar-refractivity contribution is 14.1. The van der Waals surface area contributed by atoms with Gasteiger partial charge >= 0.3 is 0 Å². The monoisotopic (exact) mass is 409 g/mol.